The van der Waals surface area contributed by atoms with Crippen molar-refractivity contribution in [2.45, 2.75) is 36.1 Å². The first-order valence-electron chi connectivity index (χ1n) is 14.5. The summed E-state index contributed by atoms with van der Waals surface area (Å²) in [6, 6.07) is 1.35. The largest absolute Gasteiger partial charge is 0.504 e. The molecular formula is C28H29ClN8O11S2. The number of halogens is 1. The number of hydrogen-bond acceptors (Lipinski definition) is 15. The van der Waals surface area contributed by atoms with E-state index in [-0.39, 0.29) is 35.2 Å². The number of hydrogen-bond donors (Lipinski definition) is 6. The molecule has 1 aromatic heterocycles. The summed E-state index contributed by atoms with van der Waals surface area (Å²) in [5.74, 6) is -7.27. The van der Waals surface area contributed by atoms with Crippen molar-refractivity contribution in [2.24, 2.45) is 16.2 Å². The van der Waals surface area contributed by atoms with Crippen molar-refractivity contribution in [3.8, 4) is 11.5 Å². The lowest BCUT2D eigenvalue weighted by Gasteiger charge is -2.40. The molecule has 0 saturated carbocycles. The molecule has 0 bridgehead atoms. The Balaban J connectivity index is 1.38. The number of aliphatic carboxylic acids is 2. The number of Topliss-reactive ketones (excluding diaryl/α,β-unsaturated/α-hetero) is 1. The number of carbonyl (C=O) groups excluding carboxylic acids is 4. The lowest BCUT2D eigenvalue weighted by atomic mass is 9.90. The monoisotopic (exact) mass is 752 g/mol. The summed E-state index contributed by atoms with van der Waals surface area (Å²) >= 11 is 7.91. The van der Waals surface area contributed by atoms with E-state index in [4.69, 9.17) is 22.2 Å². The van der Waals surface area contributed by atoms with Crippen LogP contribution in [-0.4, -0.2) is 130 Å². The van der Waals surface area contributed by atoms with Gasteiger partial charge in [0.05, 0.1) is 29.4 Å². The van der Waals surface area contributed by atoms with Gasteiger partial charge in [0, 0.05) is 31.0 Å². The maximum absolute atomic E-state index is 13.7. The minimum atomic E-state index is -2.00. The quantitative estimate of drug-likeness (QED) is 0.0747. The Morgan fingerprint density at radius 3 is 2.48 bits per heavy atom. The predicted molar refractivity (Wildman–Crippen MR) is 177 cm³/mol. The number of ketones is 1. The number of oxime groups is 1. The van der Waals surface area contributed by atoms with Gasteiger partial charge in [0.15, 0.2) is 33.8 Å². The fourth-order valence-corrected chi connectivity index (χ4v) is 7.72. The maximum atomic E-state index is 13.7. The zero-order valence-electron chi connectivity index (χ0n) is 26.3. The first-order valence-corrected chi connectivity index (χ1v) is 16.6. The number of nitrogens with two attached hydrogens (primary N) is 1. The van der Waals surface area contributed by atoms with Gasteiger partial charge < -0.3 is 41.2 Å². The fraction of sp³-hybridized carbons (Fsp3) is 0.393. The molecule has 266 valence electrons. The maximum Gasteiger partial charge on any atom is 0.350 e. The minimum absolute atomic E-state index is 0.00971. The zero-order chi connectivity index (χ0) is 36.9. The number of carbonyl (C=O) groups is 6. The number of thiazole rings is 1. The summed E-state index contributed by atoms with van der Waals surface area (Å²) < 4.78 is 0. The second-order valence-corrected chi connectivity index (χ2v) is 14.3. The van der Waals surface area contributed by atoms with Gasteiger partial charge in [-0.1, -0.05) is 28.5 Å². The van der Waals surface area contributed by atoms with E-state index >= 15 is 0 Å². The molecule has 1 aromatic carbocycles. The van der Waals surface area contributed by atoms with Crippen LogP contribution in [0.2, 0.25) is 5.02 Å². The number of fused-ring (bicyclic) bond motifs is 1. The predicted octanol–water partition coefficient (Wildman–Crippen LogP) is 0.533. The third kappa shape index (κ3) is 6.22. The number of rotatable bonds is 12. The van der Waals surface area contributed by atoms with E-state index in [1.165, 1.54) is 37.2 Å². The number of phenolic OH excluding ortho intramolecular Hbond substituents is 2. The normalized spacial score (nSPS) is 22.4. The first kappa shape index (κ1) is 36.1. The number of carboxylic acid groups (broad SMARTS) is 2. The minimum Gasteiger partial charge on any atom is -0.504 e. The molecule has 2 aromatic rings. The number of amides is 4. The van der Waals surface area contributed by atoms with E-state index in [0.29, 0.717) is 0 Å². The van der Waals surface area contributed by atoms with E-state index in [2.05, 4.69) is 20.6 Å². The van der Waals surface area contributed by atoms with Gasteiger partial charge in [0.1, 0.15) is 5.69 Å². The lowest BCUT2D eigenvalue weighted by molar-refractivity contribution is -0.161. The highest BCUT2D eigenvalue weighted by Crippen LogP contribution is 2.53. The molecule has 0 aliphatic carbocycles. The average molecular weight is 753 g/mol. The van der Waals surface area contributed by atoms with E-state index in [1.54, 1.807) is 0 Å². The number of β-lactam (4-membered cyclic amide) rings is 1. The summed E-state index contributed by atoms with van der Waals surface area (Å²) in [5, 5.41) is 51.0. The molecule has 5 rings (SSSR count). The Hall–Kier alpha value is -5.15. The molecule has 3 aliphatic heterocycles. The van der Waals surface area contributed by atoms with Gasteiger partial charge in [-0.2, -0.15) is 5.10 Å². The van der Waals surface area contributed by atoms with Crippen LogP contribution < -0.4 is 11.1 Å². The van der Waals surface area contributed by atoms with Crippen molar-refractivity contribution in [1.29, 1.82) is 0 Å². The van der Waals surface area contributed by atoms with Gasteiger partial charge in [-0.05, 0) is 26.0 Å². The molecule has 19 nitrogen and oxygen atoms in total. The highest BCUT2D eigenvalue weighted by Gasteiger charge is 2.66. The van der Waals surface area contributed by atoms with Crippen LogP contribution in [0.5, 0.6) is 11.5 Å². The van der Waals surface area contributed by atoms with Gasteiger partial charge in [-0.3, -0.25) is 19.3 Å². The number of benzene rings is 1. The molecule has 4 heterocycles. The van der Waals surface area contributed by atoms with Gasteiger partial charge in [-0.15, -0.1) is 11.3 Å². The highest BCUT2D eigenvalue weighted by atomic mass is 35.5. The molecule has 3 saturated heterocycles. The average Bonchev–Trinajstić information content (AvgIpc) is 3.77. The number of likely N-dealkylation sites (N-methyl/N-ethyl adjacent to an activating group) is 1. The van der Waals surface area contributed by atoms with Crippen molar-refractivity contribution < 1.29 is 54.0 Å². The molecule has 3 aliphatic rings. The topological polar surface area (TPSA) is 278 Å². The molecule has 3 fully saturated rings. The number of aromatic hydroxyl groups is 2. The smallest absolute Gasteiger partial charge is 0.350 e. The Morgan fingerprint density at radius 1 is 1.18 bits per heavy atom. The number of urea groups is 1. The van der Waals surface area contributed by atoms with Gasteiger partial charge >= 0.3 is 18.0 Å². The molecule has 1 unspecified atom stereocenters. The number of hydrazone groups is 1. The second-order valence-electron chi connectivity index (χ2n) is 11.6. The molecule has 3 atom stereocenters. The van der Waals surface area contributed by atoms with Crippen LogP contribution in [0.15, 0.2) is 27.8 Å². The van der Waals surface area contributed by atoms with Crippen molar-refractivity contribution in [3.63, 3.8) is 0 Å². The van der Waals surface area contributed by atoms with Crippen LogP contribution in [-0.2, 0) is 28.8 Å². The van der Waals surface area contributed by atoms with Crippen LogP contribution in [0.1, 0.15) is 31.5 Å². The summed E-state index contributed by atoms with van der Waals surface area (Å²) in [7, 11) is 1.28. The summed E-state index contributed by atoms with van der Waals surface area (Å²) in [5.41, 5.74) is 2.95. The van der Waals surface area contributed by atoms with E-state index in [9.17, 15) is 49.2 Å². The summed E-state index contributed by atoms with van der Waals surface area (Å²) in [4.78, 5) is 86.9. The number of nitrogens with zero attached hydrogens (tertiary/aromatic N) is 6. The van der Waals surface area contributed by atoms with Crippen molar-refractivity contribution in [2.75, 3.05) is 32.4 Å². The van der Waals surface area contributed by atoms with Gasteiger partial charge in [0.2, 0.25) is 16.4 Å². The number of anilines is 1. The fourth-order valence-electron chi connectivity index (χ4n) is 5.23. The Kier molecular flexibility index (Phi) is 9.60. The summed E-state index contributed by atoms with van der Waals surface area (Å²) in [6.07, 6.45) is -0.476. The van der Waals surface area contributed by atoms with Crippen LogP contribution >= 0.6 is 34.7 Å². The number of carboxylic acids is 2. The molecule has 7 N–H and O–H groups in total. The molecular weight excluding hydrogens is 724 g/mol. The van der Waals surface area contributed by atoms with Crippen molar-refractivity contribution >= 4 is 86.8 Å². The second kappa shape index (κ2) is 13.3. The van der Waals surface area contributed by atoms with Crippen molar-refractivity contribution in [3.05, 3.63) is 33.8 Å². The Labute approximate surface area is 295 Å². The van der Waals surface area contributed by atoms with Crippen LogP contribution in [0.3, 0.4) is 0 Å². The molecule has 0 radical (unpaired) electrons. The third-order valence-electron chi connectivity index (χ3n) is 8.04. The van der Waals surface area contributed by atoms with Crippen molar-refractivity contribution in [1.82, 2.24) is 25.1 Å². The van der Waals surface area contributed by atoms with Crippen LogP contribution in [0.25, 0.3) is 0 Å². The van der Waals surface area contributed by atoms with E-state index in [0.717, 1.165) is 39.1 Å². The van der Waals surface area contributed by atoms with Gasteiger partial charge in [0.25, 0.3) is 5.91 Å². The van der Waals surface area contributed by atoms with E-state index < -0.39 is 92.5 Å². The SMILES string of the molecule is CNC(=O)/C(=N\N1CCN([C@]2(C(=O)O)CN3C(=O)C(CC(=O)/C(=N\OC(C)(C)C(=O)O)c4csc(N)n4)[C@H]3S2)C1=O)c1ccc(O)c(O)c1Cl. The number of nitrogens with one attached hydrogen (secondary N) is 1. The zero-order valence-corrected chi connectivity index (χ0v) is 28.7. The first-order chi connectivity index (χ1) is 23.4. The molecule has 4 amide bonds. The number of thioether (sulfide) groups is 1. The third-order valence-corrected chi connectivity index (χ3v) is 10.8. The number of nitrogen functional groups attached to an aromatic ring is 1. The Morgan fingerprint density at radius 2 is 1.88 bits per heavy atom. The highest BCUT2D eigenvalue weighted by molar-refractivity contribution is 8.02. The number of phenols is 2. The number of aromatic nitrogens is 1. The van der Waals surface area contributed by atoms with Crippen LogP contribution in [0.4, 0.5) is 9.93 Å². The Bertz CT molecular complexity index is 1880. The molecule has 50 heavy (non-hydrogen) atoms. The standard InChI is InChI=1S/C28H29ClN8O11S2/c1-27(2,23(43)44)48-34-18(13-9-49-25(30)32-13)15(39)8-12-21(42)35-10-28(24(45)46,50-22(12)35)36-6-7-37(26(36)47)33-17(20(41)31-3)11-4-5-14(38)19(40)16(11)29/h4-5,9,12,22,38,40H,6-8,10H2,1-3H3,(H2,30,32)(H,31,41)(H,43,44)(H,45,46)/b33-17-,34-18-/t12?,22-,28-/m1/s1. The van der Waals surface area contributed by atoms with E-state index in [1.807, 2.05) is 0 Å². The summed E-state index contributed by atoms with van der Waals surface area (Å²) in [6.45, 7) is 1.63. The van der Waals surface area contributed by atoms with Crippen LogP contribution in [0, 0.1) is 5.92 Å². The lowest BCUT2D eigenvalue weighted by Crippen LogP contribution is -2.59. The molecule has 22 heteroatoms. The van der Waals surface area contributed by atoms with Gasteiger partial charge in [-0.25, -0.2) is 24.4 Å². The molecule has 0 spiro atoms.